The monoisotopic (exact) mass is 308 g/mol. The molecule has 0 amide bonds. The van der Waals surface area contributed by atoms with E-state index < -0.39 is 0 Å². The molecule has 2 saturated carbocycles. The zero-order valence-corrected chi connectivity index (χ0v) is 12.3. The van der Waals surface area contributed by atoms with Gasteiger partial charge in [-0.2, -0.15) is 0 Å². The molecule has 104 valence electrons. The Kier molecular flexibility index (Phi) is 2.76. The highest BCUT2D eigenvalue weighted by molar-refractivity contribution is 6.36. The summed E-state index contributed by atoms with van der Waals surface area (Å²) in [5.74, 6) is 2.55. The fraction of sp³-hybridized carbons (Fsp3) is 0.400. The van der Waals surface area contributed by atoms with E-state index in [1.807, 2.05) is 12.1 Å². The van der Waals surface area contributed by atoms with E-state index >= 15 is 0 Å². The molecule has 2 fully saturated rings. The Morgan fingerprint density at radius 3 is 2.60 bits per heavy atom. The van der Waals surface area contributed by atoms with Crippen molar-refractivity contribution in [1.82, 2.24) is 5.16 Å². The van der Waals surface area contributed by atoms with E-state index in [0.29, 0.717) is 21.8 Å². The number of nitrogens with two attached hydrogens (primary N) is 1. The Morgan fingerprint density at radius 1 is 1.15 bits per heavy atom. The number of hydrogen-bond acceptors (Lipinski definition) is 3. The fourth-order valence-corrected chi connectivity index (χ4v) is 4.00. The largest absolute Gasteiger partial charge is 0.367 e. The highest BCUT2D eigenvalue weighted by Gasteiger charge is 2.47. The van der Waals surface area contributed by atoms with E-state index in [-0.39, 0.29) is 0 Å². The zero-order chi connectivity index (χ0) is 13.9. The lowest BCUT2D eigenvalue weighted by Crippen LogP contribution is -1.99. The van der Waals surface area contributed by atoms with Crippen LogP contribution in [0.4, 0.5) is 5.88 Å². The first-order valence-electron chi connectivity index (χ1n) is 6.84. The number of halogens is 2. The average Bonchev–Trinajstić information content (AvgIpc) is 2.83. The van der Waals surface area contributed by atoms with Crippen molar-refractivity contribution in [2.24, 2.45) is 11.8 Å². The third-order valence-electron chi connectivity index (χ3n) is 4.58. The van der Waals surface area contributed by atoms with Crippen LogP contribution in [0.15, 0.2) is 22.7 Å². The third kappa shape index (κ3) is 1.92. The van der Waals surface area contributed by atoms with Crippen molar-refractivity contribution in [3.8, 4) is 11.1 Å². The second-order valence-electron chi connectivity index (χ2n) is 5.86. The molecule has 2 unspecified atom stereocenters. The van der Waals surface area contributed by atoms with Crippen LogP contribution in [-0.2, 0) is 0 Å². The molecule has 1 aromatic heterocycles. The van der Waals surface area contributed by atoms with Crippen LogP contribution in [0.25, 0.3) is 11.1 Å². The van der Waals surface area contributed by atoms with Crippen LogP contribution in [0.1, 0.15) is 30.9 Å². The van der Waals surface area contributed by atoms with Gasteiger partial charge in [-0.15, -0.1) is 0 Å². The molecule has 0 radical (unpaired) electrons. The van der Waals surface area contributed by atoms with Gasteiger partial charge >= 0.3 is 0 Å². The van der Waals surface area contributed by atoms with Gasteiger partial charge in [-0.25, -0.2) is 0 Å². The number of aromatic nitrogens is 1. The highest BCUT2D eigenvalue weighted by atomic mass is 35.5. The minimum absolute atomic E-state index is 0.338. The van der Waals surface area contributed by atoms with Gasteiger partial charge in [0.05, 0.1) is 16.3 Å². The van der Waals surface area contributed by atoms with E-state index in [4.69, 9.17) is 33.5 Å². The fourth-order valence-electron chi connectivity index (χ4n) is 3.50. The van der Waals surface area contributed by atoms with Crippen LogP contribution in [-0.4, -0.2) is 5.16 Å². The minimum Gasteiger partial charge on any atom is -0.367 e. The Morgan fingerprint density at radius 2 is 1.90 bits per heavy atom. The summed E-state index contributed by atoms with van der Waals surface area (Å²) in [7, 11) is 0. The molecule has 5 heteroatoms. The molecule has 20 heavy (non-hydrogen) atoms. The minimum atomic E-state index is 0.338. The standard InChI is InChI=1S/C15H14Cl2N2O/c16-10-1-2-11(12(17)6-10)13-14(19-20-15(13)18)9-4-7-3-8(7)5-9/h1-2,6-9H,3-5,18H2. The molecule has 2 atom stereocenters. The maximum absolute atomic E-state index is 6.30. The summed E-state index contributed by atoms with van der Waals surface area (Å²) in [6.07, 6.45) is 3.75. The predicted octanol–water partition coefficient (Wildman–Crippen LogP) is 4.74. The van der Waals surface area contributed by atoms with Gasteiger partial charge in [0.15, 0.2) is 0 Å². The van der Waals surface area contributed by atoms with Crippen LogP contribution in [0.5, 0.6) is 0 Å². The molecule has 3 nitrogen and oxygen atoms in total. The molecule has 0 aliphatic heterocycles. The molecular formula is C15H14Cl2N2O. The van der Waals surface area contributed by atoms with Gasteiger partial charge in [-0.05, 0) is 43.2 Å². The van der Waals surface area contributed by atoms with Crippen LogP contribution in [0.3, 0.4) is 0 Å². The summed E-state index contributed by atoms with van der Waals surface area (Å²) in [5.41, 5.74) is 8.63. The number of rotatable bonds is 2. The SMILES string of the molecule is Nc1onc(C2CC3CC3C2)c1-c1ccc(Cl)cc1Cl. The number of nitrogen functional groups attached to an aromatic ring is 1. The number of anilines is 1. The first-order valence-corrected chi connectivity index (χ1v) is 7.59. The first-order chi connectivity index (χ1) is 9.63. The molecule has 0 spiro atoms. The van der Waals surface area contributed by atoms with Crippen LogP contribution in [0.2, 0.25) is 10.0 Å². The molecule has 4 rings (SSSR count). The molecule has 1 aromatic carbocycles. The van der Waals surface area contributed by atoms with Gasteiger partial charge < -0.3 is 10.3 Å². The van der Waals surface area contributed by atoms with Gasteiger partial charge in [0.25, 0.3) is 0 Å². The maximum atomic E-state index is 6.30. The molecule has 2 aliphatic carbocycles. The van der Waals surface area contributed by atoms with Gasteiger partial charge in [-0.1, -0.05) is 34.4 Å². The van der Waals surface area contributed by atoms with Crippen molar-refractivity contribution < 1.29 is 4.52 Å². The number of hydrogen-bond donors (Lipinski definition) is 1. The maximum Gasteiger partial charge on any atom is 0.230 e. The zero-order valence-electron chi connectivity index (χ0n) is 10.8. The molecule has 2 N–H and O–H groups in total. The summed E-state index contributed by atoms with van der Waals surface area (Å²) < 4.78 is 5.23. The molecule has 0 saturated heterocycles. The van der Waals surface area contributed by atoms with E-state index in [0.717, 1.165) is 28.7 Å². The lowest BCUT2D eigenvalue weighted by atomic mass is 9.93. The van der Waals surface area contributed by atoms with Crippen LogP contribution < -0.4 is 5.73 Å². The Hall–Kier alpha value is -1.19. The van der Waals surface area contributed by atoms with E-state index in [9.17, 15) is 0 Å². The summed E-state index contributed by atoms with van der Waals surface area (Å²) in [6, 6.07) is 5.42. The number of benzene rings is 1. The number of nitrogens with zero attached hydrogens (tertiary/aromatic N) is 1. The van der Waals surface area contributed by atoms with Crippen molar-refractivity contribution in [3.63, 3.8) is 0 Å². The summed E-state index contributed by atoms with van der Waals surface area (Å²) in [6.45, 7) is 0. The Balaban J connectivity index is 1.78. The lowest BCUT2D eigenvalue weighted by Gasteiger charge is -2.11. The molecule has 2 aliphatic rings. The lowest BCUT2D eigenvalue weighted by molar-refractivity contribution is 0.416. The molecular weight excluding hydrogens is 295 g/mol. The summed E-state index contributed by atoms with van der Waals surface area (Å²) >= 11 is 12.3. The first kappa shape index (κ1) is 12.5. The van der Waals surface area contributed by atoms with Crippen LogP contribution >= 0.6 is 23.2 Å². The number of fused-ring (bicyclic) bond motifs is 1. The second kappa shape index (κ2) is 4.40. The molecule has 1 heterocycles. The van der Waals surface area contributed by atoms with Gasteiger partial charge in [0, 0.05) is 16.5 Å². The van der Waals surface area contributed by atoms with Crippen molar-refractivity contribution in [1.29, 1.82) is 0 Å². The summed E-state index contributed by atoms with van der Waals surface area (Å²) in [5, 5.41) is 5.39. The van der Waals surface area contributed by atoms with Crippen molar-refractivity contribution in [2.45, 2.75) is 25.2 Å². The van der Waals surface area contributed by atoms with Gasteiger partial charge in [-0.3, -0.25) is 0 Å². The molecule has 2 aromatic rings. The highest BCUT2D eigenvalue weighted by Crippen LogP contribution is 2.58. The van der Waals surface area contributed by atoms with E-state index in [1.54, 1.807) is 6.07 Å². The molecule has 0 bridgehead atoms. The van der Waals surface area contributed by atoms with Crippen LogP contribution in [0, 0.1) is 11.8 Å². The third-order valence-corrected chi connectivity index (χ3v) is 5.12. The quantitative estimate of drug-likeness (QED) is 0.871. The Bertz CT molecular complexity index is 673. The second-order valence-corrected chi connectivity index (χ2v) is 6.70. The van der Waals surface area contributed by atoms with Crippen molar-refractivity contribution >= 4 is 29.1 Å². The van der Waals surface area contributed by atoms with E-state index in [2.05, 4.69) is 5.16 Å². The van der Waals surface area contributed by atoms with Gasteiger partial charge in [0.2, 0.25) is 5.88 Å². The smallest absolute Gasteiger partial charge is 0.230 e. The van der Waals surface area contributed by atoms with Gasteiger partial charge in [0.1, 0.15) is 0 Å². The Labute approximate surface area is 127 Å². The average molecular weight is 309 g/mol. The topological polar surface area (TPSA) is 52.0 Å². The van der Waals surface area contributed by atoms with Crippen molar-refractivity contribution in [2.75, 3.05) is 5.73 Å². The van der Waals surface area contributed by atoms with E-state index in [1.165, 1.54) is 19.3 Å². The normalized spacial score (nSPS) is 27.6. The summed E-state index contributed by atoms with van der Waals surface area (Å²) in [4.78, 5) is 0. The van der Waals surface area contributed by atoms with Crippen molar-refractivity contribution in [3.05, 3.63) is 33.9 Å². The predicted molar refractivity (Wildman–Crippen MR) is 79.9 cm³/mol.